The summed E-state index contributed by atoms with van der Waals surface area (Å²) in [6.45, 7) is 2.03. The third kappa shape index (κ3) is 4.53. The minimum absolute atomic E-state index is 0.253. The maximum atomic E-state index is 12.0. The molecule has 2 amide bonds. The lowest BCUT2D eigenvalue weighted by Gasteiger charge is -2.32. The Kier molecular flexibility index (Phi) is 6.56. The molecule has 0 spiro atoms. The van der Waals surface area contributed by atoms with E-state index in [-0.39, 0.29) is 11.8 Å². The zero-order valence-electron chi connectivity index (χ0n) is 14.1. The highest BCUT2D eigenvalue weighted by molar-refractivity contribution is 5.91. The van der Waals surface area contributed by atoms with Crippen LogP contribution in [0, 0.1) is 0 Å². The molecule has 1 aliphatic carbocycles. The summed E-state index contributed by atoms with van der Waals surface area (Å²) < 4.78 is 0. The fourth-order valence-corrected chi connectivity index (χ4v) is 3.36. The Hall–Kier alpha value is -1.91. The average molecular weight is 317 g/mol. The molecule has 1 aromatic heterocycles. The fraction of sp³-hybridized carbons (Fsp3) is 0.611. The van der Waals surface area contributed by atoms with Crippen LogP contribution in [0.3, 0.4) is 0 Å². The standard InChI is InChI=1S/C18H27N3O2/c1-3-7-16(18(23)20-13-22)14-10-11-17(19-12-14)21(2)15-8-5-4-6-9-15/h10-13,15-16H,3-9H2,1-2H3,(H,20,22,23). The molecular formula is C18H27N3O2. The number of nitrogens with one attached hydrogen (secondary N) is 1. The van der Waals surface area contributed by atoms with Gasteiger partial charge in [0.1, 0.15) is 5.82 Å². The molecule has 0 aromatic carbocycles. The van der Waals surface area contributed by atoms with Crippen molar-refractivity contribution in [2.24, 2.45) is 0 Å². The summed E-state index contributed by atoms with van der Waals surface area (Å²) in [5.41, 5.74) is 0.868. The molecule has 1 atom stereocenters. The molecule has 1 aliphatic rings. The molecule has 5 heteroatoms. The first-order valence-corrected chi connectivity index (χ1v) is 8.60. The lowest BCUT2D eigenvalue weighted by Crippen LogP contribution is -2.34. The van der Waals surface area contributed by atoms with Crippen LogP contribution in [0.4, 0.5) is 5.82 Å². The van der Waals surface area contributed by atoms with Gasteiger partial charge in [0, 0.05) is 19.3 Å². The summed E-state index contributed by atoms with van der Waals surface area (Å²) >= 11 is 0. The summed E-state index contributed by atoms with van der Waals surface area (Å²) in [5.74, 6) is 0.385. The van der Waals surface area contributed by atoms with Crippen LogP contribution in [0.2, 0.25) is 0 Å². The molecule has 5 nitrogen and oxygen atoms in total. The molecule has 0 aliphatic heterocycles. The van der Waals surface area contributed by atoms with Gasteiger partial charge >= 0.3 is 0 Å². The molecule has 1 unspecified atom stereocenters. The summed E-state index contributed by atoms with van der Waals surface area (Å²) in [4.78, 5) is 29.3. The summed E-state index contributed by atoms with van der Waals surface area (Å²) in [5, 5.41) is 2.26. The van der Waals surface area contributed by atoms with Crippen LogP contribution in [-0.4, -0.2) is 30.4 Å². The first kappa shape index (κ1) is 17.4. The Bertz CT molecular complexity index is 510. The molecule has 2 rings (SSSR count). The number of nitrogens with zero attached hydrogens (tertiary/aromatic N) is 2. The number of carbonyl (C=O) groups is 2. The van der Waals surface area contributed by atoms with Crippen LogP contribution < -0.4 is 10.2 Å². The van der Waals surface area contributed by atoms with Crippen molar-refractivity contribution in [3.8, 4) is 0 Å². The first-order chi connectivity index (χ1) is 11.2. The third-order valence-electron chi connectivity index (χ3n) is 4.75. The second kappa shape index (κ2) is 8.65. The fourth-order valence-electron chi connectivity index (χ4n) is 3.36. The Labute approximate surface area is 138 Å². The maximum absolute atomic E-state index is 12.0. The largest absolute Gasteiger partial charge is 0.357 e. The van der Waals surface area contributed by atoms with Gasteiger partial charge in [0.25, 0.3) is 0 Å². The van der Waals surface area contributed by atoms with Crippen molar-refractivity contribution in [3.05, 3.63) is 23.9 Å². The highest BCUT2D eigenvalue weighted by atomic mass is 16.2. The molecule has 0 saturated heterocycles. The highest BCUT2D eigenvalue weighted by Gasteiger charge is 2.22. The van der Waals surface area contributed by atoms with E-state index in [1.165, 1.54) is 32.1 Å². The maximum Gasteiger partial charge on any atom is 0.233 e. The van der Waals surface area contributed by atoms with Gasteiger partial charge in [-0.1, -0.05) is 38.7 Å². The van der Waals surface area contributed by atoms with Gasteiger partial charge < -0.3 is 4.90 Å². The number of rotatable bonds is 7. The zero-order chi connectivity index (χ0) is 16.7. The van der Waals surface area contributed by atoms with Crippen LogP contribution in [0.1, 0.15) is 63.4 Å². The van der Waals surface area contributed by atoms with Crippen molar-refractivity contribution in [1.82, 2.24) is 10.3 Å². The van der Waals surface area contributed by atoms with Gasteiger partial charge in [-0.2, -0.15) is 0 Å². The molecule has 0 bridgehead atoms. The molecule has 0 radical (unpaired) electrons. The summed E-state index contributed by atoms with van der Waals surface area (Å²) in [6.07, 6.45) is 10.2. The van der Waals surface area contributed by atoms with Crippen LogP contribution in [0.5, 0.6) is 0 Å². The zero-order valence-corrected chi connectivity index (χ0v) is 14.1. The van der Waals surface area contributed by atoms with Gasteiger partial charge in [0.2, 0.25) is 12.3 Å². The van der Waals surface area contributed by atoms with E-state index in [0.29, 0.717) is 18.9 Å². The third-order valence-corrected chi connectivity index (χ3v) is 4.75. The van der Waals surface area contributed by atoms with E-state index in [1.54, 1.807) is 6.20 Å². The van der Waals surface area contributed by atoms with E-state index >= 15 is 0 Å². The van der Waals surface area contributed by atoms with Crippen LogP contribution in [-0.2, 0) is 9.59 Å². The van der Waals surface area contributed by atoms with Crippen molar-refractivity contribution < 1.29 is 9.59 Å². The molecule has 1 N–H and O–H groups in total. The lowest BCUT2D eigenvalue weighted by atomic mass is 9.94. The van der Waals surface area contributed by atoms with E-state index in [9.17, 15) is 9.59 Å². The molecule has 126 valence electrons. The molecule has 1 aromatic rings. The number of aromatic nitrogens is 1. The number of pyridine rings is 1. The van der Waals surface area contributed by atoms with Gasteiger partial charge in [0.05, 0.1) is 5.92 Å². The molecular weight excluding hydrogens is 290 g/mol. The quantitative estimate of drug-likeness (QED) is 0.785. The Balaban J connectivity index is 2.09. The average Bonchev–Trinajstić information content (AvgIpc) is 2.60. The second-order valence-electron chi connectivity index (χ2n) is 6.32. The van der Waals surface area contributed by atoms with Crippen LogP contribution in [0.15, 0.2) is 18.3 Å². The van der Waals surface area contributed by atoms with E-state index in [0.717, 1.165) is 17.8 Å². The van der Waals surface area contributed by atoms with E-state index in [1.807, 2.05) is 19.1 Å². The van der Waals surface area contributed by atoms with Gasteiger partial charge in [-0.3, -0.25) is 14.9 Å². The molecule has 1 heterocycles. The summed E-state index contributed by atoms with van der Waals surface area (Å²) in [7, 11) is 2.10. The number of carbonyl (C=O) groups excluding carboxylic acids is 2. The first-order valence-electron chi connectivity index (χ1n) is 8.60. The van der Waals surface area contributed by atoms with Crippen LogP contribution >= 0.6 is 0 Å². The Morgan fingerprint density at radius 2 is 2.13 bits per heavy atom. The van der Waals surface area contributed by atoms with Crippen molar-refractivity contribution in [3.63, 3.8) is 0 Å². The predicted molar refractivity (Wildman–Crippen MR) is 91.4 cm³/mol. The van der Waals surface area contributed by atoms with Crippen molar-refractivity contribution in [1.29, 1.82) is 0 Å². The van der Waals surface area contributed by atoms with E-state index in [2.05, 4.69) is 22.2 Å². The molecule has 23 heavy (non-hydrogen) atoms. The van der Waals surface area contributed by atoms with Gasteiger partial charge in [-0.05, 0) is 30.9 Å². The van der Waals surface area contributed by atoms with Crippen molar-refractivity contribution >= 4 is 18.1 Å². The molecule has 1 fully saturated rings. The Morgan fingerprint density at radius 1 is 1.39 bits per heavy atom. The number of hydrogen-bond donors (Lipinski definition) is 1. The van der Waals surface area contributed by atoms with Crippen LogP contribution in [0.25, 0.3) is 0 Å². The lowest BCUT2D eigenvalue weighted by molar-refractivity contribution is -0.126. The predicted octanol–water partition coefficient (Wildman–Crippen LogP) is 3.01. The second-order valence-corrected chi connectivity index (χ2v) is 6.32. The van der Waals surface area contributed by atoms with Gasteiger partial charge in [-0.25, -0.2) is 4.98 Å². The molecule has 1 saturated carbocycles. The van der Waals surface area contributed by atoms with E-state index in [4.69, 9.17) is 0 Å². The number of imide groups is 1. The highest BCUT2D eigenvalue weighted by Crippen LogP contribution is 2.27. The van der Waals surface area contributed by atoms with E-state index < -0.39 is 0 Å². The number of hydrogen-bond acceptors (Lipinski definition) is 4. The Morgan fingerprint density at radius 3 is 2.70 bits per heavy atom. The smallest absolute Gasteiger partial charge is 0.233 e. The topological polar surface area (TPSA) is 62.3 Å². The summed E-state index contributed by atoms with van der Waals surface area (Å²) in [6, 6.07) is 4.51. The number of amides is 2. The van der Waals surface area contributed by atoms with Crippen molar-refractivity contribution in [2.45, 2.75) is 63.8 Å². The number of anilines is 1. The van der Waals surface area contributed by atoms with Gasteiger partial charge in [0.15, 0.2) is 0 Å². The SMILES string of the molecule is CCCC(C(=O)NC=O)c1ccc(N(C)C2CCCCC2)nc1. The normalized spacial score (nSPS) is 16.6. The van der Waals surface area contributed by atoms with Crippen molar-refractivity contribution in [2.75, 3.05) is 11.9 Å². The minimum atomic E-state index is -0.313. The monoisotopic (exact) mass is 317 g/mol. The van der Waals surface area contributed by atoms with Gasteiger partial charge in [-0.15, -0.1) is 0 Å². The minimum Gasteiger partial charge on any atom is -0.357 e.